The molecule has 1 amide bonds. The molecule has 19 heavy (non-hydrogen) atoms. The van der Waals surface area contributed by atoms with Crippen molar-refractivity contribution in [3.05, 3.63) is 28.3 Å². The number of nitro benzene ring substituents is 1. The molecule has 0 radical (unpaired) electrons. The second kappa shape index (κ2) is 6.69. The van der Waals surface area contributed by atoms with Crippen LogP contribution in [0.25, 0.3) is 0 Å². The van der Waals surface area contributed by atoms with Crippen LogP contribution in [0.4, 0.5) is 11.4 Å². The first kappa shape index (κ1) is 14.9. The van der Waals surface area contributed by atoms with E-state index in [-0.39, 0.29) is 17.1 Å². The summed E-state index contributed by atoms with van der Waals surface area (Å²) >= 11 is 0. The second-order valence-corrected chi connectivity index (χ2v) is 4.20. The highest BCUT2D eigenvalue weighted by molar-refractivity contribution is 5.96. The fourth-order valence-corrected chi connectivity index (χ4v) is 1.52. The van der Waals surface area contributed by atoms with E-state index in [9.17, 15) is 20.0 Å². The molecular formula is C12H17N3O4. The Morgan fingerprint density at radius 2 is 2.26 bits per heavy atom. The molecule has 0 bridgehead atoms. The highest BCUT2D eigenvalue weighted by Crippen LogP contribution is 2.27. The minimum Gasteiger partial charge on any atom is -0.506 e. The topological polar surface area (TPSA) is 118 Å². The first-order valence-electron chi connectivity index (χ1n) is 5.99. The summed E-state index contributed by atoms with van der Waals surface area (Å²) in [7, 11) is 0. The van der Waals surface area contributed by atoms with Crippen molar-refractivity contribution in [3.8, 4) is 5.75 Å². The summed E-state index contributed by atoms with van der Waals surface area (Å²) in [4.78, 5) is 21.6. The van der Waals surface area contributed by atoms with E-state index in [0.29, 0.717) is 6.42 Å². The van der Waals surface area contributed by atoms with Crippen LogP contribution >= 0.6 is 0 Å². The fourth-order valence-electron chi connectivity index (χ4n) is 1.52. The highest BCUT2D eigenvalue weighted by atomic mass is 16.6. The monoisotopic (exact) mass is 267 g/mol. The van der Waals surface area contributed by atoms with Crippen molar-refractivity contribution in [3.63, 3.8) is 0 Å². The van der Waals surface area contributed by atoms with Gasteiger partial charge in [-0.05, 0) is 12.5 Å². The van der Waals surface area contributed by atoms with Crippen LogP contribution in [0.1, 0.15) is 26.2 Å². The second-order valence-electron chi connectivity index (χ2n) is 4.20. The van der Waals surface area contributed by atoms with Crippen molar-refractivity contribution in [2.24, 2.45) is 5.73 Å². The molecule has 0 aliphatic carbocycles. The summed E-state index contributed by atoms with van der Waals surface area (Å²) in [5.41, 5.74) is 5.55. The quantitative estimate of drug-likeness (QED) is 0.412. The number of anilines is 1. The molecule has 1 aromatic rings. The van der Waals surface area contributed by atoms with Crippen LogP contribution in [0.5, 0.6) is 5.75 Å². The molecule has 1 atom stereocenters. The van der Waals surface area contributed by atoms with Crippen molar-refractivity contribution in [1.29, 1.82) is 0 Å². The lowest BCUT2D eigenvalue weighted by atomic mass is 10.1. The van der Waals surface area contributed by atoms with Gasteiger partial charge in [0.25, 0.3) is 5.69 Å². The largest absolute Gasteiger partial charge is 0.506 e. The van der Waals surface area contributed by atoms with E-state index in [1.54, 1.807) is 0 Å². The Kier molecular flexibility index (Phi) is 5.25. The average Bonchev–Trinajstić information content (AvgIpc) is 2.37. The number of nitrogens with two attached hydrogens (primary N) is 1. The lowest BCUT2D eigenvalue weighted by Gasteiger charge is -2.12. The molecular weight excluding hydrogens is 250 g/mol. The van der Waals surface area contributed by atoms with Crippen LogP contribution in [0, 0.1) is 10.1 Å². The third kappa shape index (κ3) is 4.22. The summed E-state index contributed by atoms with van der Waals surface area (Å²) in [6.45, 7) is 1.99. The number of aromatic hydroxyl groups is 1. The smallest absolute Gasteiger partial charge is 0.273 e. The van der Waals surface area contributed by atoms with Gasteiger partial charge in [0.05, 0.1) is 22.7 Å². The number of benzene rings is 1. The van der Waals surface area contributed by atoms with Gasteiger partial charge in [-0.25, -0.2) is 0 Å². The summed E-state index contributed by atoms with van der Waals surface area (Å²) in [6.07, 6.45) is 2.32. The minimum absolute atomic E-state index is 0.113. The Hall–Kier alpha value is -2.15. The number of hydrogen-bond acceptors (Lipinski definition) is 5. The van der Waals surface area contributed by atoms with Crippen LogP contribution in [-0.4, -0.2) is 22.0 Å². The predicted octanol–water partition coefficient (Wildman–Crippen LogP) is 1.76. The van der Waals surface area contributed by atoms with E-state index in [0.717, 1.165) is 18.9 Å². The number of carbonyl (C=O) groups is 1. The van der Waals surface area contributed by atoms with Crippen molar-refractivity contribution in [1.82, 2.24) is 0 Å². The average molecular weight is 267 g/mol. The Bertz CT molecular complexity index is 476. The van der Waals surface area contributed by atoms with Gasteiger partial charge >= 0.3 is 0 Å². The van der Waals surface area contributed by atoms with Crippen molar-refractivity contribution in [2.75, 3.05) is 5.32 Å². The molecule has 0 saturated carbocycles. The zero-order valence-corrected chi connectivity index (χ0v) is 10.6. The maximum atomic E-state index is 11.7. The molecule has 0 aliphatic heterocycles. The third-order valence-corrected chi connectivity index (χ3v) is 2.66. The lowest BCUT2D eigenvalue weighted by molar-refractivity contribution is -0.384. The number of phenolic OH excluding ortho intramolecular Hbond substituents is 1. The van der Waals surface area contributed by atoms with E-state index >= 15 is 0 Å². The number of nitrogens with zero attached hydrogens (tertiary/aromatic N) is 1. The van der Waals surface area contributed by atoms with E-state index in [1.165, 1.54) is 12.1 Å². The third-order valence-electron chi connectivity index (χ3n) is 2.66. The van der Waals surface area contributed by atoms with Crippen molar-refractivity contribution in [2.45, 2.75) is 32.2 Å². The standard InChI is InChI=1S/C12H17N3O4/c1-2-3-4-9(13)12(17)14-10-6-5-8(15(18)19)7-11(10)16/h5-7,9,16H,2-4,13H2,1H3,(H,14,17)/t9-/m0/s1. The first-order chi connectivity index (χ1) is 8.95. The number of nitrogens with one attached hydrogen (secondary N) is 1. The Balaban J connectivity index is 2.72. The number of nitro groups is 1. The molecule has 0 heterocycles. The van der Waals surface area contributed by atoms with Gasteiger partial charge in [-0.15, -0.1) is 0 Å². The van der Waals surface area contributed by atoms with E-state index < -0.39 is 16.9 Å². The summed E-state index contributed by atoms with van der Waals surface area (Å²) < 4.78 is 0. The van der Waals surface area contributed by atoms with Crippen LogP contribution in [0.15, 0.2) is 18.2 Å². The number of unbranched alkanes of at least 4 members (excludes halogenated alkanes) is 1. The fraction of sp³-hybridized carbons (Fsp3) is 0.417. The maximum Gasteiger partial charge on any atom is 0.273 e. The van der Waals surface area contributed by atoms with Gasteiger partial charge in [-0.2, -0.15) is 0 Å². The van der Waals surface area contributed by atoms with Gasteiger partial charge in [0.1, 0.15) is 5.75 Å². The minimum atomic E-state index is -0.658. The zero-order chi connectivity index (χ0) is 14.4. The molecule has 0 unspecified atom stereocenters. The summed E-state index contributed by atoms with van der Waals surface area (Å²) in [5.74, 6) is -0.775. The van der Waals surface area contributed by atoms with Gasteiger partial charge in [0.2, 0.25) is 5.91 Å². The van der Waals surface area contributed by atoms with Crippen molar-refractivity contribution >= 4 is 17.3 Å². The molecule has 104 valence electrons. The van der Waals surface area contributed by atoms with Crippen molar-refractivity contribution < 1.29 is 14.8 Å². The Morgan fingerprint density at radius 3 is 2.79 bits per heavy atom. The molecule has 0 spiro atoms. The van der Waals surface area contributed by atoms with Gasteiger partial charge in [-0.3, -0.25) is 14.9 Å². The number of rotatable bonds is 6. The molecule has 0 aliphatic rings. The van der Waals surface area contributed by atoms with E-state index in [2.05, 4.69) is 5.32 Å². The first-order valence-corrected chi connectivity index (χ1v) is 5.99. The lowest BCUT2D eigenvalue weighted by Crippen LogP contribution is -2.35. The van der Waals surface area contributed by atoms with Gasteiger partial charge in [0, 0.05) is 6.07 Å². The van der Waals surface area contributed by atoms with Crippen LogP contribution in [-0.2, 0) is 4.79 Å². The van der Waals surface area contributed by atoms with E-state index in [4.69, 9.17) is 5.73 Å². The highest BCUT2D eigenvalue weighted by Gasteiger charge is 2.16. The molecule has 1 aromatic carbocycles. The van der Waals surface area contributed by atoms with Gasteiger partial charge in [-0.1, -0.05) is 19.8 Å². The molecule has 1 rings (SSSR count). The molecule has 4 N–H and O–H groups in total. The molecule has 7 nitrogen and oxygen atoms in total. The molecule has 0 fully saturated rings. The number of hydrogen-bond donors (Lipinski definition) is 3. The van der Waals surface area contributed by atoms with Crippen LogP contribution in [0.2, 0.25) is 0 Å². The zero-order valence-electron chi connectivity index (χ0n) is 10.6. The normalized spacial score (nSPS) is 11.9. The van der Waals surface area contributed by atoms with Crippen LogP contribution < -0.4 is 11.1 Å². The molecule has 0 saturated heterocycles. The Morgan fingerprint density at radius 1 is 1.58 bits per heavy atom. The molecule has 7 heteroatoms. The molecule has 0 aromatic heterocycles. The Labute approximate surface area is 110 Å². The predicted molar refractivity (Wildman–Crippen MR) is 70.9 cm³/mol. The maximum absolute atomic E-state index is 11.7. The van der Waals surface area contributed by atoms with Gasteiger partial charge in [0.15, 0.2) is 0 Å². The SMILES string of the molecule is CCCC[C@H](N)C(=O)Nc1ccc([N+](=O)[O-])cc1O. The number of non-ortho nitro benzene ring substituents is 1. The number of carbonyl (C=O) groups excluding carboxylic acids is 1. The number of phenols is 1. The number of amides is 1. The van der Waals surface area contributed by atoms with E-state index in [1.807, 2.05) is 6.92 Å². The summed E-state index contributed by atoms with van der Waals surface area (Å²) in [5, 5.41) is 22.5. The summed E-state index contributed by atoms with van der Waals surface area (Å²) in [6, 6.07) is 2.80. The van der Waals surface area contributed by atoms with Gasteiger partial charge < -0.3 is 16.2 Å². The van der Waals surface area contributed by atoms with Crippen LogP contribution in [0.3, 0.4) is 0 Å².